The first-order valence-corrected chi connectivity index (χ1v) is 11.6. The van der Waals surface area contributed by atoms with Crippen molar-refractivity contribution in [1.82, 2.24) is 25.3 Å². The minimum Gasteiger partial charge on any atom is -0.349 e. The molecule has 1 atom stereocenters. The summed E-state index contributed by atoms with van der Waals surface area (Å²) in [5.41, 5.74) is 9.68. The maximum Gasteiger partial charge on any atom is 0.220 e. The third-order valence-electron chi connectivity index (χ3n) is 6.70. The first kappa shape index (κ1) is 20.0. The maximum atomic E-state index is 12.8. The second-order valence-corrected chi connectivity index (χ2v) is 9.15. The monoisotopic (exact) mass is 417 g/mol. The van der Waals surface area contributed by atoms with E-state index >= 15 is 0 Å². The molecule has 0 spiro atoms. The van der Waals surface area contributed by atoms with Gasteiger partial charge in [-0.05, 0) is 87.6 Å². The van der Waals surface area contributed by atoms with Gasteiger partial charge in [0.05, 0.1) is 23.6 Å². The van der Waals surface area contributed by atoms with Crippen LogP contribution in [0.25, 0.3) is 5.69 Å². The quantitative estimate of drug-likeness (QED) is 0.653. The molecule has 2 aromatic heterocycles. The van der Waals surface area contributed by atoms with E-state index in [1.807, 2.05) is 6.20 Å². The maximum absolute atomic E-state index is 12.8. The van der Waals surface area contributed by atoms with Gasteiger partial charge in [0.2, 0.25) is 5.91 Å². The number of carbonyl (C=O) groups is 1. The number of nitrogens with one attached hydrogen (secondary N) is 2. The third-order valence-corrected chi connectivity index (χ3v) is 6.70. The molecule has 162 valence electrons. The van der Waals surface area contributed by atoms with Gasteiger partial charge in [0.25, 0.3) is 0 Å². The molecule has 6 heteroatoms. The fourth-order valence-corrected chi connectivity index (χ4v) is 5.26. The molecule has 0 unspecified atom stereocenters. The fraction of sp³-hybridized carbons (Fsp3) is 0.480. The van der Waals surface area contributed by atoms with E-state index in [9.17, 15) is 4.79 Å². The second kappa shape index (κ2) is 8.33. The molecular weight excluding hydrogens is 386 g/mol. The first-order valence-electron chi connectivity index (χ1n) is 11.6. The van der Waals surface area contributed by atoms with Crippen molar-refractivity contribution in [3.8, 4) is 5.69 Å². The molecule has 31 heavy (non-hydrogen) atoms. The van der Waals surface area contributed by atoms with Crippen LogP contribution in [0.5, 0.6) is 0 Å². The molecule has 1 aromatic carbocycles. The van der Waals surface area contributed by atoms with E-state index in [2.05, 4.69) is 52.2 Å². The molecule has 6 nitrogen and oxygen atoms in total. The number of amides is 1. The van der Waals surface area contributed by atoms with Crippen LogP contribution in [-0.2, 0) is 30.5 Å². The Morgan fingerprint density at radius 1 is 1.13 bits per heavy atom. The smallest absolute Gasteiger partial charge is 0.220 e. The van der Waals surface area contributed by atoms with Crippen molar-refractivity contribution in [3.63, 3.8) is 0 Å². The predicted molar refractivity (Wildman–Crippen MR) is 120 cm³/mol. The van der Waals surface area contributed by atoms with Crippen LogP contribution < -0.4 is 5.32 Å². The minimum atomic E-state index is 0.0454. The molecule has 2 N–H and O–H groups in total. The van der Waals surface area contributed by atoms with Crippen LogP contribution in [0.1, 0.15) is 77.5 Å². The number of fused-ring (bicyclic) bond motifs is 2. The zero-order valence-electron chi connectivity index (χ0n) is 18.5. The Hall–Kier alpha value is -2.89. The Balaban J connectivity index is 1.28. The average molecular weight is 418 g/mol. The number of aromatic amines is 1. The molecule has 0 saturated carbocycles. The summed E-state index contributed by atoms with van der Waals surface area (Å²) in [4.78, 5) is 12.8. The van der Waals surface area contributed by atoms with Crippen molar-refractivity contribution in [3.05, 3.63) is 63.7 Å². The molecule has 5 rings (SSSR count). The number of carbonyl (C=O) groups excluding carboxylic acids is 1. The second-order valence-electron chi connectivity index (χ2n) is 9.15. The van der Waals surface area contributed by atoms with Gasteiger partial charge in [-0.3, -0.25) is 9.89 Å². The number of H-pyrrole nitrogens is 1. The Bertz CT molecular complexity index is 1090. The van der Waals surface area contributed by atoms with Crippen LogP contribution in [0.15, 0.2) is 24.4 Å². The van der Waals surface area contributed by atoms with Gasteiger partial charge in [0.1, 0.15) is 0 Å². The molecule has 3 aromatic rings. The summed E-state index contributed by atoms with van der Waals surface area (Å²) in [6.07, 6.45) is 10.8. The SMILES string of the molecule is Cc1cc(C)cc(-n2ncc3c2CCC[C@@H]3NC(=O)CCc2n[nH]c3c2CCCC3)c1. The van der Waals surface area contributed by atoms with Crippen molar-refractivity contribution in [2.45, 2.75) is 77.7 Å². The van der Waals surface area contributed by atoms with E-state index in [1.54, 1.807) is 0 Å². The van der Waals surface area contributed by atoms with Crippen LogP contribution in [0.3, 0.4) is 0 Å². The lowest BCUT2D eigenvalue weighted by atomic mass is 9.92. The normalized spacial score (nSPS) is 17.8. The highest BCUT2D eigenvalue weighted by Gasteiger charge is 2.26. The van der Waals surface area contributed by atoms with Crippen molar-refractivity contribution >= 4 is 5.91 Å². The van der Waals surface area contributed by atoms with Gasteiger partial charge in [-0.15, -0.1) is 0 Å². The Labute approximate surface area is 183 Å². The lowest BCUT2D eigenvalue weighted by molar-refractivity contribution is -0.121. The first-order chi connectivity index (χ1) is 15.1. The molecule has 2 aliphatic carbocycles. The van der Waals surface area contributed by atoms with Crippen LogP contribution in [0.2, 0.25) is 0 Å². The van der Waals surface area contributed by atoms with E-state index in [0.29, 0.717) is 12.8 Å². The van der Waals surface area contributed by atoms with E-state index in [1.165, 1.54) is 40.9 Å². The van der Waals surface area contributed by atoms with Gasteiger partial charge in [0, 0.05) is 29.8 Å². The van der Waals surface area contributed by atoms with Crippen molar-refractivity contribution in [2.75, 3.05) is 0 Å². The summed E-state index contributed by atoms with van der Waals surface area (Å²) >= 11 is 0. The average Bonchev–Trinajstić information content (AvgIpc) is 3.36. The Kier molecular flexibility index (Phi) is 5.38. The van der Waals surface area contributed by atoms with Crippen molar-refractivity contribution < 1.29 is 4.79 Å². The number of aryl methyl sites for hydroxylation is 4. The molecule has 0 bridgehead atoms. The van der Waals surface area contributed by atoms with Gasteiger partial charge in [0.15, 0.2) is 0 Å². The number of benzene rings is 1. The summed E-state index contributed by atoms with van der Waals surface area (Å²) in [6.45, 7) is 4.23. The Morgan fingerprint density at radius 2 is 1.94 bits per heavy atom. The van der Waals surface area contributed by atoms with Crippen LogP contribution >= 0.6 is 0 Å². The highest BCUT2D eigenvalue weighted by atomic mass is 16.1. The number of nitrogens with zero attached hydrogens (tertiary/aromatic N) is 3. The van der Waals surface area contributed by atoms with Crippen LogP contribution in [0.4, 0.5) is 0 Å². The van der Waals surface area contributed by atoms with Gasteiger partial charge in [-0.25, -0.2) is 4.68 Å². The summed E-state index contributed by atoms with van der Waals surface area (Å²) < 4.78 is 2.06. The predicted octanol–water partition coefficient (Wildman–Crippen LogP) is 4.22. The molecular formula is C25H31N5O. The van der Waals surface area contributed by atoms with E-state index in [0.717, 1.165) is 49.0 Å². The van der Waals surface area contributed by atoms with E-state index < -0.39 is 0 Å². The molecule has 0 radical (unpaired) electrons. The van der Waals surface area contributed by atoms with Crippen molar-refractivity contribution in [2.24, 2.45) is 0 Å². The minimum absolute atomic E-state index is 0.0454. The molecule has 0 aliphatic heterocycles. The summed E-state index contributed by atoms with van der Waals surface area (Å²) in [5, 5.41) is 15.6. The number of aromatic nitrogens is 4. The highest BCUT2D eigenvalue weighted by molar-refractivity contribution is 5.76. The Morgan fingerprint density at radius 3 is 2.77 bits per heavy atom. The van der Waals surface area contributed by atoms with Gasteiger partial charge < -0.3 is 5.32 Å². The fourth-order valence-electron chi connectivity index (χ4n) is 5.26. The lowest BCUT2D eigenvalue weighted by Crippen LogP contribution is -2.31. The van der Waals surface area contributed by atoms with Gasteiger partial charge >= 0.3 is 0 Å². The van der Waals surface area contributed by atoms with Crippen LogP contribution in [0, 0.1) is 13.8 Å². The van der Waals surface area contributed by atoms with E-state index in [4.69, 9.17) is 5.10 Å². The standard InChI is InChI=1S/C25H31N5O/c1-16-12-17(2)14-18(13-16)30-24-9-5-8-21(20(24)15-26-30)27-25(31)11-10-23-19-6-3-4-7-22(19)28-29-23/h12-15,21H,3-11H2,1-2H3,(H,27,31)(H,28,29)/t21-/m0/s1. The number of rotatable bonds is 5. The zero-order valence-corrected chi connectivity index (χ0v) is 18.5. The molecule has 0 saturated heterocycles. The lowest BCUT2D eigenvalue weighted by Gasteiger charge is -2.24. The molecule has 0 fully saturated rings. The van der Waals surface area contributed by atoms with Gasteiger partial charge in [-0.2, -0.15) is 10.2 Å². The van der Waals surface area contributed by atoms with Crippen LogP contribution in [-0.4, -0.2) is 25.9 Å². The number of hydrogen-bond donors (Lipinski definition) is 2. The summed E-state index contributed by atoms with van der Waals surface area (Å²) in [5.74, 6) is 0.101. The molecule has 1 amide bonds. The zero-order chi connectivity index (χ0) is 21.4. The molecule has 2 heterocycles. The third kappa shape index (κ3) is 4.03. The summed E-state index contributed by atoms with van der Waals surface area (Å²) in [6, 6.07) is 6.57. The van der Waals surface area contributed by atoms with E-state index in [-0.39, 0.29) is 11.9 Å². The highest BCUT2D eigenvalue weighted by Crippen LogP contribution is 2.31. The van der Waals surface area contributed by atoms with Gasteiger partial charge in [-0.1, -0.05) is 6.07 Å². The largest absolute Gasteiger partial charge is 0.349 e. The topological polar surface area (TPSA) is 75.6 Å². The molecule has 2 aliphatic rings. The van der Waals surface area contributed by atoms with Crippen molar-refractivity contribution in [1.29, 1.82) is 0 Å². The summed E-state index contributed by atoms with van der Waals surface area (Å²) in [7, 11) is 0. The number of hydrogen-bond acceptors (Lipinski definition) is 3.